The summed E-state index contributed by atoms with van der Waals surface area (Å²) >= 11 is 0. The molecule has 0 fully saturated rings. The van der Waals surface area contributed by atoms with Gasteiger partial charge in [-0.05, 0) is 36.4 Å². The summed E-state index contributed by atoms with van der Waals surface area (Å²) in [5.41, 5.74) is -1.94. The minimum absolute atomic E-state index is 0.0796. The number of hydrogen-bond donors (Lipinski definition) is 1. The van der Waals surface area contributed by atoms with Gasteiger partial charge in [0.05, 0.1) is 16.6 Å². The Kier molecular flexibility index (Phi) is 3.09. The maximum atomic E-state index is 12.6. The largest absolute Gasteiger partial charge is 0.416 e. The summed E-state index contributed by atoms with van der Waals surface area (Å²) < 4.78 is 38.8. The van der Waals surface area contributed by atoms with Gasteiger partial charge in [-0.1, -0.05) is 0 Å². The van der Waals surface area contributed by atoms with Crippen molar-refractivity contribution < 1.29 is 13.2 Å². The summed E-state index contributed by atoms with van der Waals surface area (Å²) in [5.74, 6) is 0. The van der Waals surface area contributed by atoms with Gasteiger partial charge in [-0.2, -0.15) is 13.2 Å². The summed E-state index contributed by atoms with van der Waals surface area (Å²) in [6.07, 6.45) is -3.07. The average Bonchev–Trinajstić information content (AvgIpc) is 2.47. The highest BCUT2D eigenvalue weighted by atomic mass is 19.4. The summed E-state index contributed by atoms with van der Waals surface area (Å²) in [6.45, 7) is 0. The lowest BCUT2D eigenvalue weighted by Crippen LogP contribution is -2.29. The minimum Gasteiger partial charge on any atom is -0.273 e. The Bertz CT molecular complexity index is 956. The third-order valence-corrected chi connectivity index (χ3v) is 3.12. The minimum atomic E-state index is -4.46. The van der Waals surface area contributed by atoms with E-state index >= 15 is 0 Å². The maximum absolute atomic E-state index is 12.6. The number of benzene rings is 1. The predicted molar refractivity (Wildman–Crippen MR) is 73.0 cm³/mol. The molecule has 0 aliphatic rings. The first-order valence-corrected chi connectivity index (χ1v) is 6.15. The van der Waals surface area contributed by atoms with Gasteiger partial charge in [-0.3, -0.25) is 9.78 Å². The van der Waals surface area contributed by atoms with Crippen molar-refractivity contribution in [2.75, 3.05) is 0 Å². The summed E-state index contributed by atoms with van der Waals surface area (Å²) in [6, 6.07) is 7.02. The summed E-state index contributed by atoms with van der Waals surface area (Å²) in [5, 5.41) is 0.169. The first-order valence-electron chi connectivity index (χ1n) is 6.15. The zero-order valence-electron chi connectivity index (χ0n) is 10.9. The topological polar surface area (TPSA) is 67.8 Å². The van der Waals surface area contributed by atoms with Crippen LogP contribution in [0.25, 0.3) is 16.7 Å². The van der Waals surface area contributed by atoms with E-state index in [4.69, 9.17) is 0 Å². The number of nitrogens with one attached hydrogen (secondary N) is 1. The monoisotopic (exact) mass is 307 g/mol. The van der Waals surface area contributed by atoms with E-state index in [0.29, 0.717) is 0 Å². The summed E-state index contributed by atoms with van der Waals surface area (Å²) in [7, 11) is 0. The highest BCUT2D eigenvalue weighted by Crippen LogP contribution is 2.29. The van der Waals surface area contributed by atoms with Crippen LogP contribution < -0.4 is 11.2 Å². The highest BCUT2D eigenvalue weighted by molar-refractivity contribution is 5.75. The van der Waals surface area contributed by atoms with Crippen molar-refractivity contribution in [2.24, 2.45) is 0 Å². The molecule has 0 atom stereocenters. The molecular formula is C14H8F3N3O2. The second-order valence-corrected chi connectivity index (χ2v) is 4.51. The van der Waals surface area contributed by atoms with Crippen molar-refractivity contribution in [1.29, 1.82) is 0 Å². The van der Waals surface area contributed by atoms with Gasteiger partial charge in [0.2, 0.25) is 0 Å². The van der Waals surface area contributed by atoms with Gasteiger partial charge < -0.3 is 0 Å². The molecule has 0 amide bonds. The molecule has 0 bridgehead atoms. The number of halogens is 3. The SMILES string of the molecule is O=c1[nH]c(=O)n(-c2ccc(C(F)(F)F)cc2)c2ncccc12. The number of pyridine rings is 1. The Morgan fingerprint density at radius 3 is 2.36 bits per heavy atom. The standard InChI is InChI=1S/C14H8F3N3O2/c15-14(16,17)8-3-5-9(6-4-8)20-11-10(2-1-7-18-11)12(21)19-13(20)22/h1-7H,(H,19,21,22). The molecule has 3 rings (SSSR count). The lowest BCUT2D eigenvalue weighted by Gasteiger charge is -2.10. The second kappa shape index (κ2) is 4.83. The molecule has 0 aliphatic heterocycles. The van der Waals surface area contributed by atoms with E-state index in [1.54, 1.807) is 0 Å². The van der Waals surface area contributed by atoms with Crippen LogP contribution in [0, 0.1) is 0 Å². The Labute approximate surface area is 120 Å². The van der Waals surface area contributed by atoms with Crippen molar-refractivity contribution in [1.82, 2.24) is 14.5 Å². The van der Waals surface area contributed by atoms with Gasteiger partial charge in [0, 0.05) is 6.20 Å². The third-order valence-electron chi connectivity index (χ3n) is 3.12. The molecule has 0 saturated heterocycles. The van der Waals surface area contributed by atoms with Crippen LogP contribution in [0.2, 0.25) is 0 Å². The molecule has 0 saturated carbocycles. The molecular weight excluding hydrogens is 299 g/mol. The normalized spacial score (nSPS) is 11.8. The number of nitrogens with zero attached hydrogens (tertiary/aromatic N) is 2. The van der Waals surface area contributed by atoms with Gasteiger partial charge in [0.25, 0.3) is 5.56 Å². The maximum Gasteiger partial charge on any atom is 0.416 e. The molecule has 0 aliphatic carbocycles. The van der Waals surface area contributed by atoms with E-state index in [-0.39, 0.29) is 16.7 Å². The number of hydrogen-bond acceptors (Lipinski definition) is 3. The third kappa shape index (κ3) is 2.28. The zero-order chi connectivity index (χ0) is 15.9. The molecule has 1 aromatic carbocycles. The fourth-order valence-corrected chi connectivity index (χ4v) is 2.11. The van der Waals surface area contributed by atoms with Crippen molar-refractivity contribution in [3.8, 4) is 5.69 Å². The van der Waals surface area contributed by atoms with E-state index in [2.05, 4.69) is 9.97 Å². The zero-order valence-corrected chi connectivity index (χ0v) is 10.9. The van der Waals surface area contributed by atoms with Crippen LogP contribution >= 0.6 is 0 Å². The van der Waals surface area contributed by atoms with Crippen LogP contribution in [-0.4, -0.2) is 14.5 Å². The van der Waals surface area contributed by atoms with Gasteiger partial charge in [-0.15, -0.1) is 0 Å². The Balaban J connectivity index is 2.27. The molecule has 112 valence electrons. The first-order chi connectivity index (χ1) is 10.4. The molecule has 1 N–H and O–H groups in total. The lowest BCUT2D eigenvalue weighted by atomic mass is 10.2. The van der Waals surface area contributed by atoms with E-state index in [9.17, 15) is 22.8 Å². The van der Waals surface area contributed by atoms with Gasteiger partial charge in [-0.25, -0.2) is 14.3 Å². The Morgan fingerprint density at radius 2 is 1.73 bits per heavy atom. The number of rotatable bonds is 1. The van der Waals surface area contributed by atoms with Gasteiger partial charge in [0.15, 0.2) is 5.65 Å². The van der Waals surface area contributed by atoms with E-state index in [1.165, 1.54) is 18.3 Å². The second-order valence-electron chi connectivity index (χ2n) is 4.51. The van der Waals surface area contributed by atoms with Crippen LogP contribution in [0.5, 0.6) is 0 Å². The predicted octanol–water partition coefficient (Wildman–Crippen LogP) is 2.09. The fraction of sp³-hybridized carbons (Fsp3) is 0.0714. The molecule has 3 aromatic rings. The van der Waals surface area contributed by atoms with Crippen LogP contribution in [-0.2, 0) is 6.18 Å². The number of H-pyrrole nitrogens is 1. The Hall–Kier alpha value is -2.90. The van der Waals surface area contributed by atoms with Gasteiger partial charge >= 0.3 is 11.9 Å². The number of aromatic nitrogens is 3. The summed E-state index contributed by atoms with van der Waals surface area (Å²) in [4.78, 5) is 29.8. The molecule has 2 heterocycles. The molecule has 0 radical (unpaired) electrons. The molecule has 22 heavy (non-hydrogen) atoms. The van der Waals surface area contributed by atoms with Crippen molar-refractivity contribution >= 4 is 11.0 Å². The quantitative estimate of drug-likeness (QED) is 0.748. The van der Waals surface area contributed by atoms with Crippen LogP contribution in [0.3, 0.4) is 0 Å². The highest BCUT2D eigenvalue weighted by Gasteiger charge is 2.30. The van der Waals surface area contributed by atoms with E-state index in [0.717, 1.165) is 28.8 Å². The Morgan fingerprint density at radius 1 is 1.05 bits per heavy atom. The number of aromatic amines is 1. The van der Waals surface area contributed by atoms with Gasteiger partial charge in [0.1, 0.15) is 0 Å². The van der Waals surface area contributed by atoms with Crippen molar-refractivity contribution in [3.05, 3.63) is 69.0 Å². The number of fused-ring (bicyclic) bond motifs is 1. The molecule has 8 heteroatoms. The van der Waals surface area contributed by atoms with Crippen LogP contribution in [0.4, 0.5) is 13.2 Å². The molecule has 2 aromatic heterocycles. The van der Waals surface area contributed by atoms with Crippen LogP contribution in [0.15, 0.2) is 52.2 Å². The molecule has 5 nitrogen and oxygen atoms in total. The molecule has 0 spiro atoms. The first kappa shape index (κ1) is 14.1. The van der Waals surface area contributed by atoms with Crippen molar-refractivity contribution in [3.63, 3.8) is 0 Å². The average molecular weight is 307 g/mol. The van der Waals surface area contributed by atoms with Crippen LogP contribution in [0.1, 0.15) is 5.56 Å². The lowest BCUT2D eigenvalue weighted by molar-refractivity contribution is -0.137. The van der Waals surface area contributed by atoms with E-state index < -0.39 is 23.0 Å². The molecule has 0 unspecified atom stereocenters. The van der Waals surface area contributed by atoms with E-state index in [1.807, 2.05) is 0 Å². The fourth-order valence-electron chi connectivity index (χ4n) is 2.11. The number of alkyl halides is 3. The van der Waals surface area contributed by atoms with Crippen molar-refractivity contribution in [2.45, 2.75) is 6.18 Å². The smallest absolute Gasteiger partial charge is 0.273 e.